The van der Waals surface area contributed by atoms with E-state index in [1.807, 2.05) is 12.1 Å². The van der Waals surface area contributed by atoms with Gasteiger partial charge in [-0.25, -0.2) is 0 Å². The number of hydrogen-bond donors (Lipinski definition) is 0. The maximum Gasteiger partial charge on any atom is 0.0707 e. The summed E-state index contributed by atoms with van der Waals surface area (Å²) in [5, 5.41) is 0.818. The molecule has 3 rings (SSSR count). The molecule has 2 nitrogen and oxygen atoms in total. The monoisotopic (exact) mass is 287 g/mol. The predicted octanol–water partition coefficient (Wildman–Crippen LogP) is 3.17. The van der Waals surface area contributed by atoms with E-state index in [0.29, 0.717) is 12.2 Å². The fourth-order valence-electron chi connectivity index (χ4n) is 2.82. The Morgan fingerprint density at radius 1 is 1.11 bits per heavy atom. The summed E-state index contributed by atoms with van der Waals surface area (Å²) < 4.78 is 5.84. The molecule has 2 saturated heterocycles. The SMILES string of the molecule is Cl.Clc1ccc(CCN2CC3CCC(C2)O3)cc1. The largest absolute Gasteiger partial charge is 0.372 e. The van der Waals surface area contributed by atoms with E-state index in [4.69, 9.17) is 16.3 Å². The van der Waals surface area contributed by atoms with Crippen molar-refractivity contribution in [2.75, 3.05) is 19.6 Å². The van der Waals surface area contributed by atoms with Gasteiger partial charge in [0.15, 0.2) is 0 Å². The van der Waals surface area contributed by atoms with Crippen LogP contribution in [0.3, 0.4) is 0 Å². The molecular formula is C14H19Cl2NO. The molecule has 2 fully saturated rings. The Hall–Kier alpha value is -0.280. The molecule has 18 heavy (non-hydrogen) atoms. The first-order valence-electron chi connectivity index (χ1n) is 6.42. The molecule has 0 saturated carbocycles. The molecule has 2 heterocycles. The van der Waals surface area contributed by atoms with Gasteiger partial charge in [-0.3, -0.25) is 4.90 Å². The Balaban J connectivity index is 0.00000120. The van der Waals surface area contributed by atoms with E-state index in [1.165, 1.54) is 18.4 Å². The molecule has 0 spiro atoms. The Labute approximate surface area is 120 Å². The van der Waals surface area contributed by atoms with E-state index in [9.17, 15) is 0 Å². The van der Waals surface area contributed by atoms with E-state index >= 15 is 0 Å². The lowest BCUT2D eigenvalue weighted by Crippen LogP contribution is -2.43. The molecule has 2 unspecified atom stereocenters. The van der Waals surface area contributed by atoms with Crippen LogP contribution in [0, 0.1) is 0 Å². The van der Waals surface area contributed by atoms with Crippen molar-refractivity contribution in [1.29, 1.82) is 0 Å². The molecule has 0 N–H and O–H groups in total. The summed E-state index contributed by atoms with van der Waals surface area (Å²) in [5.41, 5.74) is 1.37. The lowest BCUT2D eigenvalue weighted by molar-refractivity contribution is -0.0377. The molecule has 0 amide bonds. The first kappa shape index (κ1) is 14.1. The second kappa shape index (κ2) is 6.25. The summed E-state index contributed by atoms with van der Waals surface area (Å²) in [5.74, 6) is 0. The van der Waals surface area contributed by atoms with Crippen LogP contribution in [0.1, 0.15) is 18.4 Å². The quantitative estimate of drug-likeness (QED) is 0.847. The summed E-state index contributed by atoms with van der Waals surface area (Å²) in [6.45, 7) is 3.37. The molecule has 2 aliphatic rings. The molecule has 100 valence electrons. The van der Waals surface area contributed by atoms with Crippen LogP contribution < -0.4 is 0 Å². The number of morpholine rings is 1. The summed E-state index contributed by atoms with van der Waals surface area (Å²) in [7, 11) is 0. The van der Waals surface area contributed by atoms with Gasteiger partial charge < -0.3 is 4.74 Å². The fraction of sp³-hybridized carbons (Fsp3) is 0.571. The van der Waals surface area contributed by atoms with E-state index in [0.717, 1.165) is 31.1 Å². The van der Waals surface area contributed by atoms with Crippen LogP contribution in [0.15, 0.2) is 24.3 Å². The highest BCUT2D eigenvalue weighted by atomic mass is 35.5. The van der Waals surface area contributed by atoms with Gasteiger partial charge in [0.2, 0.25) is 0 Å². The van der Waals surface area contributed by atoms with Gasteiger partial charge in [-0.15, -0.1) is 12.4 Å². The normalized spacial score (nSPS) is 26.9. The van der Waals surface area contributed by atoms with Gasteiger partial charge in [-0.1, -0.05) is 23.7 Å². The van der Waals surface area contributed by atoms with Crippen molar-refractivity contribution in [2.24, 2.45) is 0 Å². The summed E-state index contributed by atoms with van der Waals surface area (Å²) in [6.07, 6.45) is 4.61. The summed E-state index contributed by atoms with van der Waals surface area (Å²) in [6, 6.07) is 8.19. The van der Waals surface area contributed by atoms with Crippen LogP contribution in [0.4, 0.5) is 0 Å². The van der Waals surface area contributed by atoms with Gasteiger partial charge in [0.1, 0.15) is 0 Å². The molecule has 2 bridgehead atoms. The van der Waals surface area contributed by atoms with Gasteiger partial charge >= 0.3 is 0 Å². The lowest BCUT2D eigenvalue weighted by Gasteiger charge is -2.32. The Morgan fingerprint density at radius 2 is 1.72 bits per heavy atom. The van der Waals surface area contributed by atoms with Gasteiger partial charge in [0, 0.05) is 24.7 Å². The molecule has 0 aliphatic carbocycles. The standard InChI is InChI=1S/C14H18ClNO.ClH/c15-12-3-1-11(2-4-12)7-8-16-9-13-5-6-14(10-16)17-13;/h1-4,13-14H,5-10H2;1H. The maximum atomic E-state index is 5.88. The van der Waals surface area contributed by atoms with E-state index in [-0.39, 0.29) is 12.4 Å². The van der Waals surface area contributed by atoms with Crippen LogP contribution >= 0.6 is 24.0 Å². The highest BCUT2D eigenvalue weighted by Crippen LogP contribution is 2.26. The maximum absolute atomic E-state index is 5.88. The minimum absolute atomic E-state index is 0. The fourth-order valence-corrected chi connectivity index (χ4v) is 2.95. The zero-order valence-electron chi connectivity index (χ0n) is 10.3. The molecular weight excluding hydrogens is 269 g/mol. The van der Waals surface area contributed by atoms with Crippen molar-refractivity contribution in [2.45, 2.75) is 31.5 Å². The van der Waals surface area contributed by atoms with Crippen molar-refractivity contribution < 1.29 is 4.74 Å². The van der Waals surface area contributed by atoms with Crippen molar-refractivity contribution in [3.8, 4) is 0 Å². The molecule has 1 aromatic carbocycles. The first-order valence-corrected chi connectivity index (χ1v) is 6.79. The second-order valence-electron chi connectivity index (χ2n) is 5.09. The van der Waals surface area contributed by atoms with Crippen LogP contribution in [0.2, 0.25) is 5.02 Å². The minimum Gasteiger partial charge on any atom is -0.372 e. The highest BCUT2D eigenvalue weighted by Gasteiger charge is 2.33. The van der Waals surface area contributed by atoms with Crippen molar-refractivity contribution >= 4 is 24.0 Å². The average Bonchev–Trinajstić information content (AvgIpc) is 2.68. The van der Waals surface area contributed by atoms with E-state index < -0.39 is 0 Å². The molecule has 0 aromatic heterocycles. The van der Waals surface area contributed by atoms with Crippen LogP contribution in [0.5, 0.6) is 0 Å². The summed E-state index contributed by atoms with van der Waals surface area (Å²) >= 11 is 5.88. The zero-order chi connectivity index (χ0) is 11.7. The third kappa shape index (κ3) is 3.39. The number of likely N-dealkylation sites (tertiary alicyclic amines) is 1. The number of benzene rings is 1. The number of fused-ring (bicyclic) bond motifs is 2. The third-order valence-electron chi connectivity index (χ3n) is 3.75. The van der Waals surface area contributed by atoms with Crippen LogP contribution in [-0.4, -0.2) is 36.7 Å². The lowest BCUT2D eigenvalue weighted by atomic mass is 10.1. The van der Waals surface area contributed by atoms with Crippen LogP contribution in [-0.2, 0) is 11.2 Å². The molecule has 1 aromatic rings. The van der Waals surface area contributed by atoms with Crippen LogP contribution in [0.25, 0.3) is 0 Å². The average molecular weight is 288 g/mol. The number of nitrogens with zero attached hydrogens (tertiary/aromatic N) is 1. The third-order valence-corrected chi connectivity index (χ3v) is 4.00. The molecule has 4 heteroatoms. The minimum atomic E-state index is 0. The number of halogens is 2. The smallest absolute Gasteiger partial charge is 0.0707 e. The highest BCUT2D eigenvalue weighted by molar-refractivity contribution is 6.30. The van der Waals surface area contributed by atoms with Crippen molar-refractivity contribution in [3.63, 3.8) is 0 Å². The van der Waals surface area contributed by atoms with Gasteiger partial charge in [0.25, 0.3) is 0 Å². The van der Waals surface area contributed by atoms with E-state index in [1.54, 1.807) is 0 Å². The Morgan fingerprint density at radius 3 is 2.33 bits per heavy atom. The summed E-state index contributed by atoms with van der Waals surface area (Å²) in [4.78, 5) is 2.54. The number of ether oxygens (including phenoxy) is 1. The number of hydrogen-bond acceptors (Lipinski definition) is 2. The Bertz CT molecular complexity index is 370. The molecule has 2 atom stereocenters. The molecule has 2 aliphatic heterocycles. The zero-order valence-corrected chi connectivity index (χ0v) is 11.9. The Kier molecular flexibility index (Phi) is 4.91. The number of rotatable bonds is 3. The second-order valence-corrected chi connectivity index (χ2v) is 5.53. The van der Waals surface area contributed by atoms with Crippen molar-refractivity contribution in [1.82, 2.24) is 4.90 Å². The van der Waals surface area contributed by atoms with Gasteiger partial charge in [-0.2, -0.15) is 0 Å². The topological polar surface area (TPSA) is 12.5 Å². The van der Waals surface area contributed by atoms with Crippen molar-refractivity contribution in [3.05, 3.63) is 34.9 Å². The first-order chi connectivity index (χ1) is 8.29. The predicted molar refractivity (Wildman–Crippen MR) is 76.7 cm³/mol. The van der Waals surface area contributed by atoms with E-state index in [2.05, 4.69) is 17.0 Å². The van der Waals surface area contributed by atoms with Gasteiger partial charge in [0.05, 0.1) is 12.2 Å². The molecule has 0 radical (unpaired) electrons. The van der Waals surface area contributed by atoms with Gasteiger partial charge in [-0.05, 0) is 37.0 Å².